The maximum atomic E-state index is 11.2. The number of hydrogen-bond acceptors (Lipinski definition) is 4. The third-order valence-corrected chi connectivity index (χ3v) is 3.84. The highest BCUT2D eigenvalue weighted by Crippen LogP contribution is 2.32. The number of nitrogens with one attached hydrogen (secondary N) is 1. The van der Waals surface area contributed by atoms with Gasteiger partial charge in [0.25, 0.3) is 0 Å². The lowest BCUT2D eigenvalue weighted by atomic mass is 9.77. The van der Waals surface area contributed by atoms with Crippen molar-refractivity contribution >= 4 is 5.97 Å². The zero-order valence-electron chi connectivity index (χ0n) is 11.0. The molecular formula is C15H16N2O3. The van der Waals surface area contributed by atoms with Crippen LogP contribution < -0.4 is 5.32 Å². The van der Waals surface area contributed by atoms with Crippen molar-refractivity contribution in [3.63, 3.8) is 0 Å². The standard InChI is InChI=1S/C15H16N2O3/c18-14(19)15(7-4-8-15)16-10-12-9-13(20-17-12)11-5-2-1-3-6-11/h1-3,5-6,9,16H,4,7-8,10H2,(H,18,19). The predicted octanol–water partition coefficient (Wildman–Crippen LogP) is 2.44. The summed E-state index contributed by atoms with van der Waals surface area (Å²) >= 11 is 0. The van der Waals surface area contributed by atoms with Gasteiger partial charge in [0.2, 0.25) is 0 Å². The molecule has 20 heavy (non-hydrogen) atoms. The van der Waals surface area contributed by atoms with E-state index in [-0.39, 0.29) is 0 Å². The van der Waals surface area contributed by atoms with Crippen molar-refractivity contribution in [2.24, 2.45) is 0 Å². The van der Waals surface area contributed by atoms with E-state index >= 15 is 0 Å². The lowest BCUT2D eigenvalue weighted by Crippen LogP contribution is -2.56. The normalized spacial score (nSPS) is 16.6. The molecule has 104 valence electrons. The van der Waals surface area contributed by atoms with Gasteiger partial charge in [-0.1, -0.05) is 35.5 Å². The smallest absolute Gasteiger partial charge is 0.323 e. The average Bonchev–Trinajstić information content (AvgIpc) is 2.87. The number of carboxylic acids is 1. The summed E-state index contributed by atoms with van der Waals surface area (Å²) in [7, 11) is 0. The van der Waals surface area contributed by atoms with Crippen molar-refractivity contribution in [2.45, 2.75) is 31.3 Å². The Hall–Kier alpha value is -2.14. The van der Waals surface area contributed by atoms with Gasteiger partial charge in [-0.05, 0) is 19.3 Å². The number of benzene rings is 1. The first-order chi connectivity index (χ1) is 9.70. The fourth-order valence-corrected chi connectivity index (χ4v) is 2.39. The van der Waals surface area contributed by atoms with Crippen LogP contribution in [0.1, 0.15) is 25.0 Å². The van der Waals surface area contributed by atoms with Crippen LogP contribution >= 0.6 is 0 Å². The van der Waals surface area contributed by atoms with Gasteiger partial charge in [-0.3, -0.25) is 10.1 Å². The molecule has 0 amide bonds. The number of carbonyl (C=O) groups is 1. The zero-order valence-corrected chi connectivity index (χ0v) is 11.0. The quantitative estimate of drug-likeness (QED) is 0.874. The average molecular weight is 272 g/mol. The van der Waals surface area contributed by atoms with E-state index < -0.39 is 11.5 Å². The molecule has 5 heteroatoms. The van der Waals surface area contributed by atoms with Gasteiger partial charge in [0.1, 0.15) is 5.54 Å². The lowest BCUT2D eigenvalue weighted by molar-refractivity contribution is -0.148. The molecule has 1 heterocycles. The Morgan fingerprint density at radius 3 is 2.70 bits per heavy atom. The summed E-state index contributed by atoms with van der Waals surface area (Å²) in [5, 5.41) is 16.3. The van der Waals surface area contributed by atoms with Gasteiger partial charge < -0.3 is 9.63 Å². The monoisotopic (exact) mass is 272 g/mol. The zero-order chi connectivity index (χ0) is 14.0. The summed E-state index contributed by atoms with van der Waals surface area (Å²) < 4.78 is 5.29. The summed E-state index contributed by atoms with van der Waals surface area (Å²) in [5.74, 6) is -0.0871. The first kappa shape index (κ1) is 12.9. The van der Waals surface area contributed by atoms with Crippen molar-refractivity contribution in [1.29, 1.82) is 0 Å². The molecule has 1 fully saturated rings. The number of rotatable bonds is 5. The van der Waals surface area contributed by atoms with Crippen molar-refractivity contribution < 1.29 is 14.4 Å². The highest BCUT2D eigenvalue weighted by atomic mass is 16.5. The molecule has 1 aromatic heterocycles. The minimum absolute atomic E-state index is 0.405. The van der Waals surface area contributed by atoms with Crippen LogP contribution in [-0.4, -0.2) is 21.8 Å². The Bertz CT molecular complexity index is 603. The summed E-state index contributed by atoms with van der Waals surface area (Å²) in [6, 6.07) is 11.5. The minimum atomic E-state index is -0.782. The maximum Gasteiger partial charge on any atom is 0.323 e. The molecule has 1 aliphatic carbocycles. The molecule has 0 aliphatic heterocycles. The van der Waals surface area contributed by atoms with Crippen LogP contribution in [-0.2, 0) is 11.3 Å². The van der Waals surface area contributed by atoms with Gasteiger partial charge in [0.05, 0.1) is 5.69 Å². The van der Waals surface area contributed by atoms with Crippen molar-refractivity contribution in [3.05, 3.63) is 42.1 Å². The molecule has 3 rings (SSSR count). The van der Waals surface area contributed by atoms with Crippen LogP contribution in [0.5, 0.6) is 0 Å². The lowest BCUT2D eigenvalue weighted by Gasteiger charge is -2.38. The van der Waals surface area contributed by atoms with Crippen LogP contribution in [0.15, 0.2) is 40.9 Å². The molecule has 1 aromatic carbocycles. The number of aromatic nitrogens is 1. The van der Waals surface area contributed by atoms with Gasteiger partial charge in [-0.15, -0.1) is 0 Å². The van der Waals surface area contributed by atoms with Crippen molar-refractivity contribution in [2.75, 3.05) is 0 Å². The van der Waals surface area contributed by atoms with Gasteiger partial charge in [0, 0.05) is 18.2 Å². The van der Waals surface area contributed by atoms with E-state index in [0.29, 0.717) is 25.1 Å². The first-order valence-corrected chi connectivity index (χ1v) is 6.69. The third kappa shape index (κ3) is 2.32. The summed E-state index contributed by atoms with van der Waals surface area (Å²) in [6.45, 7) is 0.405. The Labute approximate surface area is 116 Å². The molecule has 0 saturated heterocycles. The molecular weight excluding hydrogens is 256 g/mol. The van der Waals surface area contributed by atoms with E-state index in [1.165, 1.54) is 0 Å². The molecule has 2 N–H and O–H groups in total. The molecule has 0 bridgehead atoms. The van der Waals surface area contributed by atoms with Crippen molar-refractivity contribution in [3.8, 4) is 11.3 Å². The molecule has 0 radical (unpaired) electrons. The molecule has 1 aliphatic rings. The maximum absolute atomic E-state index is 11.2. The first-order valence-electron chi connectivity index (χ1n) is 6.69. The molecule has 5 nitrogen and oxygen atoms in total. The second kappa shape index (κ2) is 5.09. The van der Waals surface area contributed by atoms with E-state index in [1.807, 2.05) is 36.4 Å². The highest BCUT2D eigenvalue weighted by Gasteiger charge is 2.43. The summed E-state index contributed by atoms with van der Waals surface area (Å²) in [5.41, 5.74) is 0.908. The van der Waals surface area contributed by atoms with Crippen LogP contribution in [0.25, 0.3) is 11.3 Å². The fourth-order valence-electron chi connectivity index (χ4n) is 2.39. The molecule has 0 unspecified atom stereocenters. The van der Waals surface area contributed by atoms with Crippen LogP contribution in [0.4, 0.5) is 0 Å². The van der Waals surface area contributed by atoms with E-state index in [4.69, 9.17) is 4.52 Å². The fraction of sp³-hybridized carbons (Fsp3) is 0.333. The van der Waals surface area contributed by atoms with E-state index in [2.05, 4.69) is 10.5 Å². The number of hydrogen-bond donors (Lipinski definition) is 2. The predicted molar refractivity (Wildman–Crippen MR) is 73.0 cm³/mol. The second-order valence-electron chi connectivity index (χ2n) is 5.14. The summed E-state index contributed by atoms with van der Waals surface area (Å²) in [4.78, 5) is 11.2. The Balaban J connectivity index is 1.68. The number of nitrogens with zero attached hydrogens (tertiary/aromatic N) is 1. The van der Waals surface area contributed by atoms with Gasteiger partial charge in [-0.25, -0.2) is 0 Å². The van der Waals surface area contributed by atoms with Crippen molar-refractivity contribution in [1.82, 2.24) is 10.5 Å². The van der Waals surface area contributed by atoms with Crippen LogP contribution in [0.2, 0.25) is 0 Å². The molecule has 0 spiro atoms. The number of carboxylic acid groups (broad SMARTS) is 1. The highest BCUT2D eigenvalue weighted by molar-refractivity contribution is 5.79. The molecule has 0 atom stereocenters. The van der Waals surface area contributed by atoms with Gasteiger partial charge >= 0.3 is 5.97 Å². The van der Waals surface area contributed by atoms with Crippen LogP contribution in [0.3, 0.4) is 0 Å². The van der Waals surface area contributed by atoms with E-state index in [1.54, 1.807) is 0 Å². The SMILES string of the molecule is O=C(O)C1(NCc2cc(-c3ccccc3)on2)CCC1. The van der Waals surface area contributed by atoms with E-state index in [9.17, 15) is 9.90 Å². The topological polar surface area (TPSA) is 75.4 Å². The van der Waals surface area contributed by atoms with Gasteiger partial charge in [-0.2, -0.15) is 0 Å². The minimum Gasteiger partial charge on any atom is -0.480 e. The third-order valence-electron chi connectivity index (χ3n) is 3.84. The largest absolute Gasteiger partial charge is 0.480 e. The number of aliphatic carboxylic acids is 1. The molecule has 1 saturated carbocycles. The summed E-state index contributed by atoms with van der Waals surface area (Å²) in [6.07, 6.45) is 2.30. The van der Waals surface area contributed by atoms with Crippen LogP contribution in [0, 0.1) is 0 Å². The Kier molecular flexibility index (Phi) is 3.28. The van der Waals surface area contributed by atoms with E-state index in [0.717, 1.165) is 17.7 Å². The van der Waals surface area contributed by atoms with Gasteiger partial charge in [0.15, 0.2) is 5.76 Å². The second-order valence-corrected chi connectivity index (χ2v) is 5.14. The Morgan fingerprint density at radius 1 is 1.35 bits per heavy atom. The molecule has 2 aromatic rings. The Morgan fingerprint density at radius 2 is 2.10 bits per heavy atom.